The lowest BCUT2D eigenvalue weighted by Gasteiger charge is -2.26. The Morgan fingerprint density at radius 3 is 2.79 bits per heavy atom. The molecular weight excluding hydrogens is 418 g/mol. The Morgan fingerprint density at radius 2 is 1.97 bits per heavy atom. The van der Waals surface area contributed by atoms with Crippen molar-refractivity contribution in [2.24, 2.45) is 0 Å². The van der Waals surface area contributed by atoms with Crippen LogP contribution in [0.1, 0.15) is 59.4 Å². The van der Waals surface area contributed by atoms with Gasteiger partial charge in [-0.15, -0.1) is 0 Å². The molecule has 2 aliphatic heterocycles. The summed E-state index contributed by atoms with van der Waals surface area (Å²) in [5, 5.41) is 2.92. The van der Waals surface area contributed by atoms with Crippen LogP contribution in [-0.4, -0.2) is 54.5 Å². The molecule has 2 aliphatic rings. The van der Waals surface area contributed by atoms with E-state index in [9.17, 15) is 14.4 Å². The highest BCUT2D eigenvalue weighted by Crippen LogP contribution is 2.33. The molecule has 174 valence electrons. The highest BCUT2D eigenvalue weighted by molar-refractivity contribution is 6.11. The maximum atomic E-state index is 13.5. The lowest BCUT2D eigenvalue weighted by atomic mass is 10.1. The molecule has 3 amide bonds. The number of fused-ring (bicyclic) bond motifs is 2. The van der Waals surface area contributed by atoms with Gasteiger partial charge in [-0.05, 0) is 62.9 Å². The molecule has 0 aliphatic carbocycles. The monoisotopic (exact) mass is 449 g/mol. The van der Waals surface area contributed by atoms with E-state index in [2.05, 4.69) is 5.32 Å². The van der Waals surface area contributed by atoms with Crippen LogP contribution in [0.4, 0.5) is 5.69 Å². The molecule has 1 atom stereocenters. The first-order chi connectivity index (χ1) is 16.0. The van der Waals surface area contributed by atoms with Crippen molar-refractivity contribution < 1.29 is 19.1 Å². The first-order valence-electron chi connectivity index (χ1n) is 11.7. The van der Waals surface area contributed by atoms with Crippen LogP contribution in [-0.2, 0) is 16.1 Å². The molecule has 4 rings (SSSR count). The molecule has 1 saturated heterocycles. The SMILES string of the molecule is CC(C)OCCCNC(=O)c1cccc(CN2C(=O)C3CCCN3C(=O)c3ccccc32)c1. The third-order valence-electron chi connectivity index (χ3n) is 6.08. The zero-order chi connectivity index (χ0) is 23.4. The predicted molar refractivity (Wildman–Crippen MR) is 126 cm³/mol. The summed E-state index contributed by atoms with van der Waals surface area (Å²) in [6, 6.07) is 14.2. The fraction of sp³-hybridized carbons (Fsp3) is 0.423. The van der Waals surface area contributed by atoms with Crippen molar-refractivity contribution in [2.75, 3.05) is 24.6 Å². The van der Waals surface area contributed by atoms with Crippen LogP contribution in [0.2, 0.25) is 0 Å². The van der Waals surface area contributed by atoms with Crippen molar-refractivity contribution in [3.05, 3.63) is 65.2 Å². The normalized spacial score (nSPS) is 17.7. The predicted octanol–water partition coefficient (Wildman–Crippen LogP) is 3.38. The van der Waals surface area contributed by atoms with E-state index in [0.717, 1.165) is 18.4 Å². The van der Waals surface area contributed by atoms with Gasteiger partial charge in [0.1, 0.15) is 6.04 Å². The Morgan fingerprint density at radius 1 is 1.15 bits per heavy atom. The van der Waals surface area contributed by atoms with Crippen LogP contribution in [0.5, 0.6) is 0 Å². The third kappa shape index (κ3) is 5.09. The van der Waals surface area contributed by atoms with Gasteiger partial charge in [0.25, 0.3) is 11.8 Å². The molecule has 0 spiro atoms. The summed E-state index contributed by atoms with van der Waals surface area (Å²) in [6.07, 6.45) is 2.43. The Kier molecular flexibility index (Phi) is 7.08. The van der Waals surface area contributed by atoms with E-state index in [1.165, 1.54) is 0 Å². The molecule has 2 aromatic rings. The van der Waals surface area contributed by atoms with Crippen LogP contribution < -0.4 is 10.2 Å². The number of nitrogens with one attached hydrogen (secondary N) is 1. The maximum Gasteiger partial charge on any atom is 0.256 e. The van der Waals surface area contributed by atoms with Gasteiger partial charge in [-0.3, -0.25) is 14.4 Å². The molecule has 1 unspecified atom stereocenters. The molecule has 2 heterocycles. The number of ether oxygens (including phenoxy) is 1. The van der Waals surface area contributed by atoms with Crippen molar-refractivity contribution in [1.82, 2.24) is 10.2 Å². The summed E-state index contributed by atoms with van der Waals surface area (Å²) < 4.78 is 5.50. The van der Waals surface area contributed by atoms with Crippen LogP contribution >= 0.6 is 0 Å². The molecule has 7 heteroatoms. The lowest BCUT2D eigenvalue weighted by molar-refractivity contribution is -0.122. The van der Waals surface area contributed by atoms with Gasteiger partial charge in [-0.25, -0.2) is 0 Å². The maximum absolute atomic E-state index is 13.5. The lowest BCUT2D eigenvalue weighted by Crippen LogP contribution is -2.44. The molecule has 7 nitrogen and oxygen atoms in total. The fourth-order valence-electron chi connectivity index (χ4n) is 4.46. The second kappa shape index (κ2) is 10.2. The summed E-state index contributed by atoms with van der Waals surface area (Å²) in [7, 11) is 0. The largest absolute Gasteiger partial charge is 0.379 e. The zero-order valence-electron chi connectivity index (χ0n) is 19.3. The standard InChI is InChI=1S/C26H31N3O4/c1-18(2)33-15-7-13-27-24(30)20-9-5-8-19(16-20)17-29-22-11-4-3-10-21(22)25(31)28-14-6-12-23(28)26(29)32/h3-5,8-11,16,18,23H,6-7,12-15,17H2,1-2H3,(H,27,30). The minimum Gasteiger partial charge on any atom is -0.379 e. The van der Waals surface area contributed by atoms with Gasteiger partial charge < -0.3 is 19.9 Å². The molecule has 0 radical (unpaired) electrons. The van der Waals surface area contributed by atoms with Gasteiger partial charge in [-0.1, -0.05) is 24.3 Å². The number of hydrogen-bond donors (Lipinski definition) is 1. The molecule has 0 saturated carbocycles. The Bertz CT molecular complexity index is 1040. The van der Waals surface area contributed by atoms with Crippen LogP contribution in [0.25, 0.3) is 0 Å². The van der Waals surface area contributed by atoms with Gasteiger partial charge in [0.15, 0.2) is 0 Å². The van der Waals surface area contributed by atoms with Crippen molar-refractivity contribution in [3.63, 3.8) is 0 Å². The van der Waals surface area contributed by atoms with E-state index in [1.54, 1.807) is 21.9 Å². The fourth-order valence-corrected chi connectivity index (χ4v) is 4.46. The van der Waals surface area contributed by atoms with Crippen molar-refractivity contribution in [1.29, 1.82) is 0 Å². The van der Waals surface area contributed by atoms with Gasteiger partial charge >= 0.3 is 0 Å². The van der Waals surface area contributed by atoms with Crippen LogP contribution in [0, 0.1) is 0 Å². The molecular formula is C26H31N3O4. The Labute approximate surface area is 194 Å². The molecule has 0 bridgehead atoms. The number of carbonyl (C=O) groups excluding carboxylic acids is 3. The number of amides is 3. The number of anilines is 1. The molecule has 1 N–H and O–H groups in total. The number of benzene rings is 2. The van der Waals surface area contributed by atoms with Gasteiger partial charge in [0, 0.05) is 25.3 Å². The average Bonchev–Trinajstić information content (AvgIpc) is 3.29. The first kappa shape index (κ1) is 23.0. The molecule has 1 fully saturated rings. The zero-order valence-corrected chi connectivity index (χ0v) is 19.3. The van der Waals surface area contributed by atoms with Crippen LogP contribution in [0.15, 0.2) is 48.5 Å². The number of hydrogen-bond acceptors (Lipinski definition) is 4. The highest BCUT2D eigenvalue weighted by atomic mass is 16.5. The number of para-hydroxylation sites is 1. The Hall–Kier alpha value is -3.19. The second-order valence-corrected chi connectivity index (χ2v) is 8.83. The van der Waals surface area contributed by atoms with Gasteiger partial charge in [0.2, 0.25) is 5.91 Å². The van der Waals surface area contributed by atoms with E-state index in [-0.39, 0.29) is 23.8 Å². The van der Waals surface area contributed by atoms with E-state index in [1.807, 2.05) is 50.2 Å². The van der Waals surface area contributed by atoms with E-state index >= 15 is 0 Å². The number of carbonyl (C=O) groups is 3. The third-order valence-corrected chi connectivity index (χ3v) is 6.08. The molecule has 33 heavy (non-hydrogen) atoms. The smallest absolute Gasteiger partial charge is 0.256 e. The second-order valence-electron chi connectivity index (χ2n) is 8.83. The van der Waals surface area contributed by atoms with E-state index in [4.69, 9.17) is 4.74 Å². The van der Waals surface area contributed by atoms with Gasteiger partial charge in [0.05, 0.1) is 23.9 Å². The quantitative estimate of drug-likeness (QED) is 0.627. The van der Waals surface area contributed by atoms with Gasteiger partial charge in [-0.2, -0.15) is 0 Å². The molecule has 2 aromatic carbocycles. The summed E-state index contributed by atoms with van der Waals surface area (Å²) in [5.74, 6) is -0.300. The van der Waals surface area contributed by atoms with Crippen molar-refractivity contribution in [2.45, 2.75) is 51.8 Å². The minimum absolute atomic E-state index is 0.0641. The first-order valence-corrected chi connectivity index (χ1v) is 11.7. The van der Waals surface area contributed by atoms with Crippen molar-refractivity contribution >= 4 is 23.4 Å². The van der Waals surface area contributed by atoms with E-state index in [0.29, 0.717) is 49.5 Å². The van der Waals surface area contributed by atoms with E-state index < -0.39 is 6.04 Å². The van der Waals surface area contributed by atoms with Crippen LogP contribution in [0.3, 0.4) is 0 Å². The summed E-state index contributed by atoms with van der Waals surface area (Å²) in [5.41, 5.74) is 2.56. The number of nitrogens with zero attached hydrogens (tertiary/aromatic N) is 2. The summed E-state index contributed by atoms with van der Waals surface area (Å²) >= 11 is 0. The average molecular weight is 450 g/mol. The van der Waals surface area contributed by atoms with Crippen molar-refractivity contribution in [3.8, 4) is 0 Å². The Balaban J connectivity index is 1.50. The topological polar surface area (TPSA) is 79.0 Å². The minimum atomic E-state index is -0.426. The summed E-state index contributed by atoms with van der Waals surface area (Å²) in [6.45, 7) is 6.01. The highest BCUT2D eigenvalue weighted by Gasteiger charge is 2.41. The summed E-state index contributed by atoms with van der Waals surface area (Å²) in [4.78, 5) is 42.5. The number of rotatable bonds is 8. The molecule has 0 aromatic heterocycles.